The van der Waals surface area contributed by atoms with Crippen LogP contribution in [0.5, 0.6) is 0 Å². The first-order valence-electron chi connectivity index (χ1n) is 11.8. The van der Waals surface area contributed by atoms with Crippen molar-refractivity contribution in [2.45, 2.75) is 25.7 Å². The minimum Gasteiger partial charge on any atom is -0.481 e. The van der Waals surface area contributed by atoms with Crippen molar-refractivity contribution in [3.05, 3.63) is 93.4 Å². The summed E-state index contributed by atoms with van der Waals surface area (Å²) in [5.41, 5.74) is 4.59. The number of carboxylic acids is 2. The molecular weight excluding hydrogens is 572 g/mol. The summed E-state index contributed by atoms with van der Waals surface area (Å²) in [5.74, 6) is -2.74. The molecule has 4 aromatic carbocycles. The summed E-state index contributed by atoms with van der Waals surface area (Å²) >= 11 is 9.43. The van der Waals surface area contributed by atoms with E-state index in [-0.39, 0.29) is 0 Å². The number of aliphatic carboxylic acids is 2. The molecule has 0 radical (unpaired) electrons. The van der Waals surface area contributed by atoms with Crippen LogP contribution in [0, 0.1) is 0 Å². The highest BCUT2D eigenvalue weighted by Crippen LogP contribution is 2.34. The monoisotopic (exact) mass is 592 g/mol. The lowest BCUT2D eigenvalue weighted by atomic mass is 9.99. The number of rotatable bonds is 4. The fraction of sp³-hybridized carbons (Fsp3) is 0.133. The van der Waals surface area contributed by atoms with E-state index in [1.54, 1.807) is 38.1 Å². The molecule has 2 atom stereocenters. The van der Waals surface area contributed by atoms with Gasteiger partial charge in [0.15, 0.2) is 0 Å². The molecule has 0 saturated heterocycles. The van der Waals surface area contributed by atoms with Gasteiger partial charge in [0, 0.05) is 31.0 Å². The Morgan fingerprint density at radius 2 is 1.05 bits per heavy atom. The zero-order valence-corrected chi connectivity index (χ0v) is 22.7. The summed E-state index contributed by atoms with van der Waals surface area (Å²) in [4.78, 5) is 22.1. The van der Waals surface area contributed by atoms with Gasteiger partial charge in [0.05, 0.1) is 11.8 Å². The van der Waals surface area contributed by atoms with Gasteiger partial charge in [-0.15, -0.1) is 0 Å². The predicted molar refractivity (Wildman–Crippen MR) is 152 cm³/mol. The molecule has 2 N–H and O–H groups in total. The van der Waals surface area contributed by atoms with E-state index in [2.05, 4.69) is 15.9 Å². The van der Waals surface area contributed by atoms with Crippen LogP contribution in [-0.2, 0) is 9.59 Å². The summed E-state index contributed by atoms with van der Waals surface area (Å²) < 4.78 is 12.4. The molecule has 6 nitrogen and oxygen atoms in total. The van der Waals surface area contributed by atoms with Crippen LogP contribution in [0.15, 0.2) is 86.1 Å². The van der Waals surface area contributed by atoms with E-state index in [1.807, 2.05) is 48.5 Å². The summed E-state index contributed by atoms with van der Waals surface area (Å²) in [6.45, 7) is 3.35. The topological polar surface area (TPSA) is 101 Å². The SMILES string of the molecule is CC(C(=O)O)c1ccc2oc3ccc(Br)cc3c2c1.CC(C(=O)O)c1ccc2oc3ccc(Cl)cc3c2c1. The van der Waals surface area contributed by atoms with Crippen LogP contribution in [0.4, 0.5) is 0 Å². The number of hydrogen-bond acceptors (Lipinski definition) is 4. The number of furan rings is 2. The van der Waals surface area contributed by atoms with Gasteiger partial charge in [-0.05, 0) is 85.6 Å². The van der Waals surface area contributed by atoms with Gasteiger partial charge in [-0.25, -0.2) is 0 Å². The van der Waals surface area contributed by atoms with Crippen LogP contribution < -0.4 is 0 Å². The normalized spacial score (nSPS) is 12.9. The molecule has 8 heteroatoms. The molecule has 2 unspecified atom stereocenters. The number of carbonyl (C=O) groups is 2. The third-order valence-electron chi connectivity index (χ3n) is 6.65. The first-order valence-corrected chi connectivity index (χ1v) is 13.0. The van der Waals surface area contributed by atoms with E-state index in [9.17, 15) is 9.59 Å². The maximum absolute atomic E-state index is 11.1. The molecule has 6 aromatic rings. The van der Waals surface area contributed by atoms with Gasteiger partial charge in [0.25, 0.3) is 0 Å². The Kier molecular flexibility index (Phi) is 6.90. The van der Waals surface area contributed by atoms with Crippen LogP contribution in [-0.4, -0.2) is 22.2 Å². The smallest absolute Gasteiger partial charge is 0.310 e. The number of benzene rings is 4. The Morgan fingerprint density at radius 1 is 0.658 bits per heavy atom. The third-order valence-corrected chi connectivity index (χ3v) is 7.38. The molecule has 192 valence electrons. The average Bonchev–Trinajstić information content (AvgIpc) is 3.44. The molecule has 6 rings (SSSR count). The Bertz CT molecular complexity index is 1710. The Hall–Kier alpha value is -3.81. The molecular formula is C30H22BrClO6. The quantitative estimate of drug-likeness (QED) is 0.212. The van der Waals surface area contributed by atoms with E-state index in [1.165, 1.54) is 0 Å². The van der Waals surface area contributed by atoms with Crippen LogP contribution >= 0.6 is 27.5 Å². The van der Waals surface area contributed by atoms with E-state index in [0.717, 1.165) is 59.5 Å². The van der Waals surface area contributed by atoms with Crippen LogP contribution in [0.25, 0.3) is 43.9 Å². The van der Waals surface area contributed by atoms with E-state index < -0.39 is 23.8 Å². The molecule has 0 spiro atoms. The second-order valence-corrected chi connectivity index (χ2v) is 10.5. The molecule has 0 bridgehead atoms. The van der Waals surface area contributed by atoms with Gasteiger partial charge in [0.2, 0.25) is 0 Å². The third kappa shape index (κ3) is 4.87. The van der Waals surface area contributed by atoms with Crippen molar-refractivity contribution in [1.82, 2.24) is 0 Å². The zero-order valence-electron chi connectivity index (χ0n) is 20.4. The van der Waals surface area contributed by atoms with E-state index in [4.69, 9.17) is 30.6 Å². The molecule has 2 aromatic heterocycles. The molecule has 38 heavy (non-hydrogen) atoms. The maximum Gasteiger partial charge on any atom is 0.310 e. The Balaban J connectivity index is 0.000000155. The van der Waals surface area contributed by atoms with Crippen LogP contribution in [0.1, 0.15) is 36.8 Å². The van der Waals surface area contributed by atoms with Gasteiger partial charge >= 0.3 is 11.9 Å². The molecule has 0 aliphatic heterocycles. The first kappa shape index (κ1) is 25.8. The standard InChI is InChI=1S/C15H11BrO3.C15H11ClO3/c2*1-8(15(17)18)9-2-4-13-11(6-9)12-7-10(16)3-5-14(12)19-13/h2*2-8H,1H3,(H,17,18). The second kappa shape index (κ2) is 10.2. The highest BCUT2D eigenvalue weighted by Gasteiger charge is 2.17. The van der Waals surface area contributed by atoms with Crippen LogP contribution in [0.3, 0.4) is 0 Å². The largest absolute Gasteiger partial charge is 0.481 e. The zero-order chi connectivity index (χ0) is 27.1. The molecule has 0 aliphatic rings. The highest BCUT2D eigenvalue weighted by atomic mass is 79.9. The fourth-order valence-corrected chi connectivity index (χ4v) is 4.89. The Morgan fingerprint density at radius 3 is 1.53 bits per heavy atom. The van der Waals surface area contributed by atoms with Crippen molar-refractivity contribution in [2.24, 2.45) is 0 Å². The maximum atomic E-state index is 11.1. The number of halogens is 2. The van der Waals surface area contributed by atoms with Crippen LogP contribution in [0.2, 0.25) is 5.02 Å². The van der Waals surface area contributed by atoms with Crippen molar-refractivity contribution in [2.75, 3.05) is 0 Å². The number of carboxylic acid groups (broad SMARTS) is 2. The second-order valence-electron chi connectivity index (χ2n) is 9.12. The summed E-state index contributed by atoms with van der Waals surface area (Å²) in [7, 11) is 0. The first-order chi connectivity index (χ1) is 18.1. The van der Waals surface area contributed by atoms with Crippen molar-refractivity contribution in [1.29, 1.82) is 0 Å². The average molecular weight is 594 g/mol. The number of fused-ring (bicyclic) bond motifs is 6. The van der Waals surface area contributed by atoms with Gasteiger partial charge < -0.3 is 19.0 Å². The molecule has 0 fully saturated rings. The highest BCUT2D eigenvalue weighted by molar-refractivity contribution is 9.10. The summed E-state index contributed by atoms with van der Waals surface area (Å²) in [6, 6.07) is 22.2. The molecule has 2 heterocycles. The summed E-state index contributed by atoms with van der Waals surface area (Å²) in [6.07, 6.45) is 0. The van der Waals surface area contributed by atoms with E-state index >= 15 is 0 Å². The Labute approximate surface area is 230 Å². The van der Waals surface area contributed by atoms with E-state index in [0.29, 0.717) is 5.02 Å². The van der Waals surface area contributed by atoms with Crippen molar-refractivity contribution in [3.63, 3.8) is 0 Å². The molecule has 0 amide bonds. The van der Waals surface area contributed by atoms with Gasteiger partial charge in [-0.3, -0.25) is 9.59 Å². The molecule has 0 aliphatic carbocycles. The number of hydrogen-bond donors (Lipinski definition) is 2. The van der Waals surface area contributed by atoms with Gasteiger partial charge in [-0.1, -0.05) is 39.7 Å². The lowest BCUT2D eigenvalue weighted by Gasteiger charge is -2.05. The minimum absolute atomic E-state index is 0.526. The lowest BCUT2D eigenvalue weighted by molar-refractivity contribution is -0.139. The van der Waals surface area contributed by atoms with Gasteiger partial charge in [-0.2, -0.15) is 0 Å². The fourth-order valence-electron chi connectivity index (χ4n) is 4.36. The van der Waals surface area contributed by atoms with Gasteiger partial charge in [0.1, 0.15) is 22.3 Å². The predicted octanol–water partition coefficient (Wildman–Crippen LogP) is 8.96. The minimum atomic E-state index is -0.842. The van der Waals surface area contributed by atoms with Crippen molar-refractivity contribution in [3.8, 4) is 0 Å². The van der Waals surface area contributed by atoms with Crippen molar-refractivity contribution < 1.29 is 28.6 Å². The summed E-state index contributed by atoms with van der Waals surface area (Å²) in [5, 5.41) is 22.5. The lowest BCUT2D eigenvalue weighted by Crippen LogP contribution is -2.06. The molecule has 0 saturated carbocycles. The van der Waals surface area contributed by atoms with Crippen molar-refractivity contribution >= 4 is 83.3 Å².